The molecule has 0 aliphatic rings. The van der Waals surface area contributed by atoms with Crippen LogP contribution in [0.1, 0.15) is 32.0 Å². The van der Waals surface area contributed by atoms with E-state index in [9.17, 15) is 0 Å². The van der Waals surface area contributed by atoms with Crippen molar-refractivity contribution in [2.45, 2.75) is 27.7 Å². The number of fused-ring (bicyclic) bond motifs is 1. The summed E-state index contributed by atoms with van der Waals surface area (Å²) in [5, 5.41) is 1.29. The van der Waals surface area contributed by atoms with Gasteiger partial charge in [0.15, 0.2) is 0 Å². The second kappa shape index (κ2) is 6.20. The van der Waals surface area contributed by atoms with Crippen LogP contribution < -0.4 is 0 Å². The molecular weight excluding hydrogens is 220 g/mol. The fraction of sp³-hybridized carbons (Fsp3) is 0.312. The first-order chi connectivity index (χ1) is 8.61. The zero-order valence-electron chi connectivity index (χ0n) is 12.0. The summed E-state index contributed by atoms with van der Waals surface area (Å²) in [6.07, 6.45) is 1.89. The summed E-state index contributed by atoms with van der Waals surface area (Å²) in [5.74, 6) is 0. The Morgan fingerprint density at radius 2 is 1.89 bits per heavy atom. The molecule has 1 aromatic heterocycles. The molecule has 0 spiro atoms. The Morgan fingerprint density at radius 1 is 1.28 bits per heavy atom. The maximum atomic E-state index is 4.27. The van der Waals surface area contributed by atoms with Crippen LogP contribution in [0.25, 0.3) is 10.9 Å². The number of hydrogen-bond acceptors (Lipinski definition) is 1. The molecule has 0 radical (unpaired) electrons. The van der Waals surface area contributed by atoms with Gasteiger partial charge in [-0.25, -0.2) is 0 Å². The highest BCUT2D eigenvalue weighted by atomic mass is 15.0. The van der Waals surface area contributed by atoms with Gasteiger partial charge in [-0.3, -0.25) is 4.99 Å². The number of aryl methyl sites for hydroxylation is 2. The van der Waals surface area contributed by atoms with Crippen molar-refractivity contribution in [1.29, 1.82) is 0 Å². The SMILES string of the molecule is C=C(C)N=Cc1c(C)c2ccccc2n1C.CC. The number of benzene rings is 1. The van der Waals surface area contributed by atoms with Gasteiger partial charge in [0.05, 0.1) is 11.9 Å². The summed E-state index contributed by atoms with van der Waals surface area (Å²) in [6.45, 7) is 11.8. The third kappa shape index (κ3) is 2.70. The van der Waals surface area contributed by atoms with Crippen LogP contribution in [0.3, 0.4) is 0 Å². The first kappa shape index (κ1) is 14.2. The monoisotopic (exact) mass is 242 g/mol. The number of allylic oxidation sites excluding steroid dienone is 1. The molecule has 0 saturated carbocycles. The molecule has 0 bridgehead atoms. The van der Waals surface area contributed by atoms with Crippen molar-refractivity contribution in [2.75, 3.05) is 0 Å². The predicted molar refractivity (Wildman–Crippen MR) is 81.4 cm³/mol. The van der Waals surface area contributed by atoms with Gasteiger partial charge in [-0.15, -0.1) is 0 Å². The molecule has 0 fully saturated rings. The Bertz CT molecular complexity index is 535. The topological polar surface area (TPSA) is 17.3 Å². The van der Waals surface area contributed by atoms with Crippen LogP contribution in [0.15, 0.2) is 41.5 Å². The molecule has 0 atom stereocenters. The van der Waals surface area contributed by atoms with E-state index in [1.807, 2.05) is 27.0 Å². The fourth-order valence-corrected chi connectivity index (χ4v) is 1.96. The Morgan fingerprint density at radius 3 is 2.44 bits per heavy atom. The highest BCUT2D eigenvalue weighted by Gasteiger charge is 2.08. The van der Waals surface area contributed by atoms with Gasteiger partial charge in [-0.1, -0.05) is 38.6 Å². The standard InChI is InChI=1S/C14H16N2.C2H6/c1-10(2)15-9-14-11(3)12-7-5-6-8-13(12)16(14)4;1-2/h5-9H,1H2,2-4H3;1-2H3. The van der Waals surface area contributed by atoms with E-state index >= 15 is 0 Å². The third-order valence-corrected chi connectivity index (χ3v) is 2.82. The second-order valence-corrected chi connectivity index (χ2v) is 4.08. The molecule has 0 amide bonds. The van der Waals surface area contributed by atoms with E-state index in [0.29, 0.717) is 0 Å². The van der Waals surface area contributed by atoms with E-state index < -0.39 is 0 Å². The molecule has 1 heterocycles. The number of para-hydroxylation sites is 1. The Hall–Kier alpha value is -1.83. The van der Waals surface area contributed by atoms with Crippen LogP contribution in [0, 0.1) is 6.92 Å². The molecule has 0 saturated heterocycles. The zero-order chi connectivity index (χ0) is 13.7. The van der Waals surface area contributed by atoms with Crippen LogP contribution in [-0.2, 0) is 7.05 Å². The molecule has 0 unspecified atom stereocenters. The van der Waals surface area contributed by atoms with Crippen molar-refractivity contribution in [3.63, 3.8) is 0 Å². The first-order valence-corrected chi connectivity index (χ1v) is 6.35. The lowest BCUT2D eigenvalue weighted by atomic mass is 10.1. The summed E-state index contributed by atoms with van der Waals surface area (Å²) in [5.41, 5.74) is 4.47. The van der Waals surface area contributed by atoms with Crippen molar-refractivity contribution in [3.05, 3.63) is 47.8 Å². The molecule has 1 aromatic carbocycles. The predicted octanol–water partition coefficient (Wildman–Crippen LogP) is 4.47. The molecule has 0 aliphatic carbocycles. The number of aromatic nitrogens is 1. The van der Waals surface area contributed by atoms with E-state index in [2.05, 4.69) is 54.4 Å². The third-order valence-electron chi connectivity index (χ3n) is 2.82. The van der Waals surface area contributed by atoms with Crippen LogP contribution >= 0.6 is 0 Å². The van der Waals surface area contributed by atoms with Crippen molar-refractivity contribution in [3.8, 4) is 0 Å². The molecule has 2 heteroatoms. The second-order valence-electron chi connectivity index (χ2n) is 4.08. The maximum absolute atomic E-state index is 4.27. The highest BCUT2D eigenvalue weighted by Crippen LogP contribution is 2.23. The normalized spacial score (nSPS) is 10.5. The summed E-state index contributed by atoms with van der Waals surface area (Å²) in [7, 11) is 2.06. The maximum Gasteiger partial charge on any atom is 0.0630 e. The van der Waals surface area contributed by atoms with E-state index in [1.165, 1.54) is 16.5 Å². The lowest BCUT2D eigenvalue weighted by molar-refractivity contribution is 0.952. The van der Waals surface area contributed by atoms with Gasteiger partial charge in [0.25, 0.3) is 0 Å². The average molecular weight is 242 g/mol. The minimum atomic E-state index is 0.824. The van der Waals surface area contributed by atoms with Crippen LogP contribution in [0.4, 0.5) is 0 Å². The number of aliphatic imine (C=N–C) groups is 1. The summed E-state index contributed by atoms with van der Waals surface area (Å²) in [4.78, 5) is 4.27. The minimum Gasteiger partial charge on any atom is -0.343 e. The van der Waals surface area contributed by atoms with Crippen molar-refractivity contribution in [2.24, 2.45) is 12.0 Å². The van der Waals surface area contributed by atoms with Gasteiger partial charge >= 0.3 is 0 Å². The summed E-state index contributed by atoms with van der Waals surface area (Å²) in [6, 6.07) is 8.39. The average Bonchev–Trinajstić information content (AvgIpc) is 2.63. The molecule has 2 aromatic rings. The van der Waals surface area contributed by atoms with E-state index in [4.69, 9.17) is 0 Å². The number of nitrogens with zero attached hydrogens (tertiary/aromatic N) is 2. The summed E-state index contributed by atoms with van der Waals surface area (Å²) >= 11 is 0. The Labute approximate surface area is 110 Å². The molecule has 0 N–H and O–H groups in total. The number of rotatable bonds is 2. The van der Waals surface area contributed by atoms with Crippen LogP contribution in [0.2, 0.25) is 0 Å². The minimum absolute atomic E-state index is 0.824. The fourth-order valence-electron chi connectivity index (χ4n) is 1.96. The molecule has 2 rings (SSSR count). The lowest BCUT2D eigenvalue weighted by Crippen LogP contribution is -1.95. The van der Waals surface area contributed by atoms with Gasteiger partial charge < -0.3 is 4.57 Å². The molecule has 18 heavy (non-hydrogen) atoms. The van der Waals surface area contributed by atoms with Crippen LogP contribution in [-0.4, -0.2) is 10.8 Å². The molecular formula is C16H22N2. The molecule has 0 aliphatic heterocycles. The van der Waals surface area contributed by atoms with Gasteiger partial charge in [-0.2, -0.15) is 0 Å². The first-order valence-electron chi connectivity index (χ1n) is 6.35. The Kier molecular flexibility index (Phi) is 4.90. The summed E-state index contributed by atoms with van der Waals surface area (Å²) < 4.78 is 2.16. The van der Waals surface area contributed by atoms with Gasteiger partial charge in [0.1, 0.15) is 0 Å². The quantitative estimate of drug-likeness (QED) is 0.692. The number of hydrogen-bond donors (Lipinski definition) is 0. The molecule has 2 nitrogen and oxygen atoms in total. The van der Waals surface area contributed by atoms with E-state index in [-0.39, 0.29) is 0 Å². The Balaban J connectivity index is 0.000000771. The molecule has 96 valence electrons. The van der Waals surface area contributed by atoms with Crippen molar-refractivity contribution < 1.29 is 0 Å². The van der Waals surface area contributed by atoms with E-state index in [1.54, 1.807) is 0 Å². The van der Waals surface area contributed by atoms with Gasteiger partial charge in [-0.05, 0) is 25.5 Å². The lowest BCUT2D eigenvalue weighted by Gasteiger charge is -1.99. The smallest absolute Gasteiger partial charge is 0.0630 e. The largest absolute Gasteiger partial charge is 0.343 e. The van der Waals surface area contributed by atoms with E-state index in [0.717, 1.165) is 11.4 Å². The van der Waals surface area contributed by atoms with Gasteiger partial charge in [0.2, 0.25) is 0 Å². The van der Waals surface area contributed by atoms with Crippen LogP contribution in [0.5, 0.6) is 0 Å². The van der Waals surface area contributed by atoms with Crippen molar-refractivity contribution >= 4 is 17.1 Å². The zero-order valence-corrected chi connectivity index (χ0v) is 12.0. The van der Waals surface area contributed by atoms with Gasteiger partial charge in [0, 0.05) is 23.6 Å². The highest BCUT2D eigenvalue weighted by molar-refractivity contribution is 5.94. The van der Waals surface area contributed by atoms with Crippen molar-refractivity contribution in [1.82, 2.24) is 4.57 Å².